The summed E-state index contributed by atoms with van der Waals surface area (Å²) in [5, 5.41) is 5.81. The molecule has 25 heavy (non-hydrogen) atoms. The lowest BCUT2D eigenvalue weighted by atomic mass is 10.2. The second-order valence-corrected chi connectivity index (χ2v) is 5.41. The molecule has 0 aliphatic carbocycles. The van der Waals surface area contributed by atoms with Crippen LogP contribution in [0.25, 0.3) is 0 Å². The van der Waals surface area contributed by atoms with Gasteiger partial charge in [-0.25, -0.2) is 0 Å². The van der Waals surface area contributed by atoms with Crippen LogP contribution in [0.4, 0.5) is 5.69 Å². The number of ether oxygens (including phenoxy) is 2. The van der Waals surface area contributed by atoms with Crippen LogP contribution in [0.15, 0.2) is 36.5 Å². The Bertz CT molecular complexity index is 767. The number of nitrogens with zero attached hydrogens (tertiary/aromatic N) is 1. The van der Waals surface area contributed by atoms with E-state index < -0.39 is 5.91 Å². The molecule has 2 aromatic rings. The molecule has 2 rings (SSSR count). The highest BCUT2D eigenvalue weighted by Gasteiger charge is 2.14. The van der Waals surface area contributed by atoms with Crippen molar-refractivity contribution in [1.29, 1.82) is 0 Å². The van der Waals surface area contributed by atoms with Crippen LogP contribution >= 0.6 is 11.6 Å². The smallest absolute Gasteiger partial charge is 0.274 e. The van der Waals surface area contributed by atoms with Crippen LogP contribution < -0.4 is 15.4 Å². The Labute approximate surface area is 150 Å². The number of pyridine rings is 1. The van der Waals surface area contributed by atoms with Crippen molar-refractivity contribution in [2.75, 3.05) is 32.7 Å². The van der Waals surface area contributed by atoms with E-state index in [9.17, 15) is 9.59 Å². The van der Waals surface area contributed by atoms with E-state index in [0.717, 1.165) is 0 Å². The molecule has 132 valence electrons. The third-order valence-corrected chi connectivity index (χ3v) is 3.49. The van der Waals surface area contributed by atoms with Gasteiger partial charge in [0.2, 0.25) is 0 Å². The van der Waals surface area contributed by atoms with Crippen LogP contribution in [0.1, 0.15) is 20.8 Å². The molecule has 0 aliphatic rings. The number of carbonyl (C=O) groups excluding carboxylic acids is 2. The summed E-state index contributed by atoms with van der Waals surface area (Å²) in [6.45, 7) is 0.775. The van der Waals surface area contributed by atoms with Gasteiger partial charge in [0, 0.05) is 30.4 Å². The largest absolute Gasteiger partial charge is 0.495 e. The summed E-state index contributed by atoms with van der Waals surface area (Å²) in [5.74, 6) is -0.327. The third kappa shape index (κ3) is 5.17. The number of rotatable bonds is 7. The lowest BCUT2D eigenvalue weighted by molar-refractivity contribution is 0.0937. The number of carbonyl (C=O) groups is 2. The highest BCUT2D eigenvalue weighted by atomic mass is 35.5. The molecule has 1 heterocycles. The van der Waals surface area contributed by atoms with Crippen LogP contribution in [0.2, 0.25) is 5.02 Å². The predicted octanol–water partition coefficient (Wildman–Crippen LogP) is 2.37. The van der Waals surface area contributed by atoms with Gasteiger partial charge in [0.1, 0.15) is 11.4 Å². The highest BCUT2D eigenvalue weighted by molar-refractivity contribution is 6.31. The predicted molar refractivity (Wildman–Crippen MR) is 94.4 cm³/mol. The van der Waals surface area contributed by atoms with Gasteiger partial charge >= 0.3 is 0 Å². The van der Waals surface area contributed by atoms with E-state index in [1.807, 2.05) is 0 Å². The maximum Gasteiger partial charge on any atom is 0.274 e. The molecule has 0 bridgehead atoms. The lowest BCUT2D eigenvalue weighted by Crippen LogP contribution is -2.27. The average Bonchev–Trinajstić information content (AvgIpc) is 2.62. The Morgan fingerprint density at radius 1 is 1.16 bits per heavy atom. The molecule has 8 heteroatoms. The first kappa shape index (κ1) is 18.7. The van der Waals surface area contributed by atoms with E-state index in [-0.39, 0.29) is 11.6 Å². The summed E-state index contributed by atoms with van der Waals surface area (Å²) in [5.41, 5.74) is 0.840. The molecule has 2 N–H and O–H groups in total. The number of nitrogens with one attached hydrogen (secondary N) is 2. The summed E-state index contributed by atoms with van der Waals surface area (Å²) < 4.78 is 10.1. The minimum absolute atomic E-state index is 0.0985. The normalized spacial score (nSPS) is 10.2. The molecule has 7 nitrogen and oxygen atoms in total. The zero-order valence-electron chi connectivity index (χ0n) is 13.8. The molecule has 1 aromatic carbocycles. The monoisotopic (exact) mass is 363 g/mol. The maximum atomic E-state index is 12.4. The van der Waals surface area contributed by atoms with Gasteiger partial charge in [-0.15, -0.1) is 0 Å². The van der Waals surface area contributed by atoms with Crippen LogP contribution in [0.5, 0.6) is 5.75 Å². The van der Waals surface area contributed by atoms with Gasteiger partial charge in [0.05, 0.1) is 19.4 Å². The van der Waals surface area contributed by atoms with E-state index >= 15 is 0 Å². The quantitative estimate of drug-likeness (QED) is 0.737. The zero-order chi connectivity index (χ0) is 18.2. The van der Waals surface area contributed by atoms with Gasteiger partial charge in [-0.3, -0.25) is 14.6 Å². The molecular weight excluding hydrogens is 346 g/mol. The summed E-state index contributed by atoms with van der Waals surface area (Å²) >= 11 is 5.94. The summed E-state index contributed by atoms with van der Waals surface area (Å²) in [6.07, 6.45) is 1.40. The Morgan fingerprint density at radius 3 is 2.68 bits per heavy atom. The number of aromatic nitrogens is 1. The topological polar surface area (TPSA) is 89.5 Å². The van der Waals surface area contributed by atoms with E-state index in [1.165, 1.54) is 25.4 Å². The molecule has 0 radical (unpaired) electrons. The van der Waals surface area contributed by atoms with E-state index in [2.05, 4.69) is 15.6 Å². The lowest BCUT2D eigenvalue weighted by Gasteiger charge is -2.11. The number of amides is 2. The van der Waals surface area contributed by atoms with Crippen LogP contribution in [-0.2, 0) is 4.74 Å². The third-order valence-electron chi connectivity index (χ3n) is 3.26. The minimum atomic E-state index is -0.480. The number of hydrogen-bond donors (Lipinski definition) is 2. The Hall–Kier alpha value is -2.64. The summed E-state index contributed by atoms with van der Waals surface area (Å²) in [4.78, 5) is 28.4. The molecule has 0 unspecified atom stereocenters. The summed E-state index contributed by atoms with van der Waals surface area (Å²) in [7, 11) is 3.03. The van der Waals surface area contributed by atoms with E-state index in [0.29, 0.717) is 35.2 Å². The second-order valence-electron chi connectivity index (χ2n) is 4.98. The fraction of sp³-hybridized carbons (Fsp3) is 0.235. The van der Waals surface area contributed by atoms with Crippen molar-refractivity contribution in [3.63, 3.8) is 0 Å². The first-order valence-electron chi connectivity index (χ1n) is 7.43. The summed E-state index contributed by atoms with van der Waals surface area (Å²) in [6, 6.07) is 7.80. The van der Waals surface area contributed by atoms with Crippen molar-refractivity contribution < 1.29 is 19.1 Å². The van der Waals surface area contributed by atoms with Crippen molar-refractivity contribution >= 4 is 29.1 Å². The average molecular weight is 364 g/mol. The van der Waals surface area contributed by atoms with Crippen molar-refractivity contribution in [3.05, 3.63) is 52.8 Å². The van der Waals surface area contributed by atoms with Crippen LogP contribution in [0.3, 0.4) is 0 Å². The van der Waals surface area contributed by atoms with Crippen molar-refractivity contribution in [3.8, 4) is 5.75 Å². The molecule has 0 aliphatic heterocycles. The van der Waals surface area contributed by atoms with Crippen LogP contribution in [-0.4, -0.2) is 44.2 Å². The molecular formula is C17H18ClN3O4. The minimum Gasteiger partial charge on any atom is -0.495 e. The zero-order valence-corrected chi connectivity index (χ0v) is 14.6. The molecule has 0 atom stereocenters. The first-order chi connectivity index (χ1) is 12.0. The van der Waals surface area contributed by atoms with Crippen molar-refractivity contribution in [2.24, 2.45) is 0 Å². The standard InChI is InChI=1S/C17H18ClN3O4/c1-24-8-7-20-16(22)11-5-6-19-14(9-11)17(23)21-13-10-12(18)3-4-15(13)25-2/h3-6,9-10H,7-8H2,1-2H3,(H,20,22)(H,21,23). The molecule has 0 spiro atoms. The Balaban J connectivity index is 2.13. The number of benzene rings is 1. The van der Waals surface area contributed by atoms with Crippen molar-refractivity contribution in [1.82, 2.24) is 10.3 Å². The van der Waals surface area contributed by atoms with E-state index in [1.54, 1.807) is 25.3 Å². The number of methoxy groups -OCH3 is 2. The second kappa shape index (κ2) is 9.00. The molecule has 0 saturated heterocycles. The Kier molecular flexibility index (Phi) is 6.73. The van der Waals surface area contributed by atoms with Gasteiger partial charge in [-0.05, 0) is 30.3 Å². The number of anilines is 1. The fourth-order valence-electron chi connectivity index (χ4n) is 2.03. The van der Waals surface area contributed by atoms with Crippen molar-refractivity contribution in [2.45, 2.75) is 0 Å². The molecule has 0 saturated carbocycles. The van der Waals surface area contributed by atoms with Gasteiger partial charge in [-0.2, -0.15) is 0 Å². The van der Waals surface area contributed by atoms with E-state index in [4.69, 9.17) is 21.1 Å². The number of hydrogen-bond acceptors (Lipinski definition) is 5. The number of halogens is 1. The fourth-order valence-corrected chi connectivity index (χ4v) is 2.20. The molecule has 1 aromatic heterocycles. The first-order valence-corrected chi connectivity index (χ1v) is 7.81. The Morgan fingerprint density at radius 2 is 1.96 bits per heavy atom. The van der Waals surface area contributed by atoms with Gasteiger partial charge in [-0.1, -0.05) is 11.6 Å². The van der Waals surface area contributed by atoms with Crippen LogP contribution in [0, 0.1) is 0 Å². The van der Waals surface area contributed by atoms with Gasteiger partial charge in [0.25, 0.3) is 11.8 Å². The molecule has 2 amide bonds. The maximum absolute atomic E-state index is 12.4. The highest BCUT2D eigenvalue weighted by Crippen LogP contribution is 2.28. The SMILES string of the molecule is COCCNC(=O)c1ccnc(C(=O)Nc2cc(Cl)ccc2OC)c1. The van der Waals surface area contributed by atoms with Gasteiger partial charge < -0.3 is 20.1 Å². The van der Waals surface area contributed by atoms with Gasteiger partial charge in [0.15, 0.2) is 0 Å². The molecule has 0 fully saturated rings.